The minimum atomic E-state index is -0.228. The second kappa shape index (κ2) is 6.69. The number of hydrogen-bond donors (Lipinski definition) is 2. The van der Waals surface area contributed by atoms with E-state index in [1.54, 1.807) is 11.9 Å². The third kappa shape index (κ3) is 4.00. The molecule has 1 aromatic carbocycles. The van der Waals surface area contributed by atoms with Crippen LogP contribution in [-0.2, 0) is 10.2 Å². The van der Waals surface area contributed by atoms with E-state index in [1.807, 2.05) is 24.3 Å². The topological polar surface area (TPSA) is 61.4 Å². The molecule has 6 heteroatoms. The molecule has 5 nitrogen and oxygen atoms in total. The molecular weight excluding hydrogens is 346 g/mol. The van der Waals surface area contributed by atoms with E-state index < -0.39 is 0 Å². The Morgan fingerprint density at radius 2 is 2.09 bits per heavy atom. The highest BCUT2D eigenvalue weighted by atomic mass is 79.9. The Labute approximate surface area is 139 Å². The lowest BCUT2D eigenvalue weighted by Gasteiger charge is -2.27. The van der Waals surface area contributed by atoms with Gasteiger partial charge in [0.25, 0.3) is 0 Å². The summed E-state index contributed by atoms with van der Waals surface area (Å²) in [6, 6.07) is 7.67. The second-order valence-corrected chi connectivity index (χ2v) is 7.22. The monoisotopic (exact) mass is 367 g/mol. The van der Waals surface area contributed by atoms with Crippen molar-refractivity contribution in [3.63, 3.8) is 0 Å². The molecule has 1 saturated heterocycles. The third-order valence-electron chi connectivity index (χ3n) is 3.97. The van der Waals surface area contributed by atoms with Gasteiger partial charge in [-0.1, -0.05) is 48.0 Å². The van der Waals surface area contributed by atoms with E-state index >= 15 is 0 Å². The number of carbonyl (C=O) groups excluding carboxylic acids is 2. The Hall–Kier alpha value is -1.56. The predicted molar refractivity (Wildman–Crippen MR) is 89.7 cm³/mol. The average Bonchev–Trinajstić information content (AvgIpc) is 2.75. The Morgan fingerprint density at radius 1 is 1.41 bits per heavy atom. The summed E-state index contributed by atoms with van der Waals surface area (Å²) in [6.07, 6.45) is 0.373. The van der Waals surface area contributed by atoms with E-state index in [0.29, 0.717) is 19.5 Å². The SMILES string of the molecule is CN1CC(NC(=O)NCC(C)(C)c2ccccc2Br)CC1=O. The molecule has 1 aliphatic rings. The van der Waals surface area contributed by atoms with Crippen LogP contribution in [0.5, 0.6) is 0 Å². The summed E-state index contributed by atoms with van der Waals surface area (Å²) >= 11 is 3.55. The lowest BCUT2D eigenvalue weighted by atomic mass is 9.84. The summed E-state index contributed by atoms with van der Waals surface area (Å²) in [5.41, 5.74) is 0.950. The number of urea groups is 1. The van der Waals surface area contributed by atoms with E-state index in [2.05, 4.69) is 40.4 Å². The maximum absolute atomic E-state index is 12.0. The minimum Gasteiger partial charge on any atom is -0.344 e. The van der Waals surface area contributed by atoms with Gasteiger partial charge < -0.3 is 15.5 Å². The average molecular weight is 368 g/mol. The van der Waals surface area contributed by atoms with Crippen molar-refractivity contribution in [3.8, 4) is 0 Å². The molecule has 2 N–H and O–H groups in total. The Morgan fingerprint density at radius 3 is 2.68 bits per heavy atom. The molecule has 1 aliphatic heterocycles. The van der Waals surface area contributed by atoms with Gasteiger partial charge in [-0.05, 0) is 11.6 Å². The number of carbonyl (C=O) groups is 2. The van der Waals surface area contributed by atoms with Gasteiger partial charge in [-0.3, -0.25) is 4.79 Å². The van der Waals surface area contributed by atoms with Gasteiger partial charge in [0.05, 0.1) is 6.04 Å². The first-order chi connectivity index (χ1) is 10.3. The maximum atomic E-state index is 12.0. The zero-order chi connectivity index (χ0) is 16.3. The summed E-state index contributed by atoms with van der Waals surface area (Å²) in [5.74, 6) is 0.0684. The molecule has 0 bridgehead atoms. The molecule has 0 aliphatic carbocycles. The van der Waals surface area contributed by atoms with Crippen molar-refractivity contribution in [2.24, 2.45) is 0 Å². The standard InChI is InChI=1S/C16H22BrN3O2/c1-16(2,12-6-4-5-7-13(12)17)10-18-15(22)19-11-8-14(21)20(3)9-11/h4-7,11H,8-10H2,1-3H3,(H2,18,19,22). The third-order valence-corrected chi connectivity index (χ3v) is 4.66. The molecule has 3 amide bonds. The zero-order valence-electron chi connectivity index (χ0n) is 13.1. The number of nitrogens with zero attached hydrogens (tertiary/aromatic N) is 1. The van der Waals surface area contributed by atoms with Gasteiger partial charge >= 0.3 is 6.03 Å². The number of likely N-dealkylation sites (N-methyl/N-ethyl adjacent to an activating group) is 1. The van der Waals surface area contributed by atoms with Crippen LogP contribution in [0, 0.1) is 0 Å². The van der Waals surface area contributed by atoms with Gasteiger partial charge in [0.1, 0.15) is 0 Å². The smallest absolute Gasteiger partial charge is 0.315 e. The van der Waals surface area contributed by atoms with Crippen LogP contribution in [0.15, 0.2) is 28.7 Å². The summed E-state index contributed by atoms with van der Waals surface area (Å²) < 4.78 is 1.03. The van der Waals surface area contributed by atoms with Crippen LogP contribution in [0.25, 0.3) is 0 Å². The molecule has 22 heavy (non-hydrogen) atoms. The van der Waals surface area contributed by atoms with Crippen LogP contribution in [0.1, 0.15) is 25.8 Å². The molecule has 0 radical (unpaired) electrons. The first kappa shape index (κ1) is 16.8. The van der Waals surface area contributed by atoms with Crippen LogP contribution < -0.4 is 10.6 Å². The van der Waals surface area contributed by atoms with Gasteiger partial charge in [0, 0.05) is 36.4 Å². The van der Waals surface area contributed by atoms with E-state index in [9.17, 15) is 9.59 Å². The maximum Gasteiger partial charge on any atom is 0.315 e. The quantitative estimate of drug-likeness (QED) is 0.857. The zero-order valence-corrected chi connectivity index (χ0v) is 14.7. The van der Waals surface area contributed by atoms with Crippen molar-refractivity contribution in [1.29, 1.82) is 0 Å². The molecule has 1 aromatic rings. The fraction of sp³-hybridized carbons (Fsp3) is 0.500. The minimum absolute atomic E-state index is 0.0684. The Balaban J connectivity index is 1.88. The van der Waals surface area contributed by atoms with Gasteiger partial charge in [0.15, 0.2) is 0 Å². The van der Waals surface area contributed by atoms with E-state index in [-0.39, 0.29) is 23.4 Å². The predicted octanol–water partition coefficient (Wildman–Crippen LogP) is 2.26. The molecule has 1 atom stereocenters. The lowest BCUT2D eigenvalue weighted by molar-refractivity contribution is -0.126. The number of benzene rings is 1. The van der Waals surface area contributed by atoms with Gasteiger partial charge in [-0.2, -0.15) is 0 Å². The number of rotatable bonds is 4. The number of likely N-dealkylation sites (tertiary alicyclic amines) is 1. The van der Waals surface area contributed by atoms with E-state index in [4.69, 9.17) is 0 Å². The normalized spacial score (nSPS) is 18.5. The Kier molecular flexibility index (Phi) is 5.11. The van der Waals surface area contributed by atoms with Crippen molar-refractivity contribution in [2.45, 2.75) is 31.7 Å². The van der Waals surface area contributed by atoms with E-state index in [1.165, 1.54) is 0 Å². The lowest BCUT2D eigenvalue weighted by Crippen LogP contribution is -2.46. The van der Waals surface area contributed by atoms with Crippen LogP contribution in [-0.4, -0.2) is 43.0 Å². The van der Waals surface area contributed by atoms with Crippen LogP contribution in [0.3, 0.4) is 0 Å². The van der Waals surface area contributed by atoms with Crippen molar-refractivity contribution in [2.75, 3.05) is 20.1 Å². The first-order valence-corrected chi connectivity index (χ1v) is 8.12. The molecule has 2 rings (SSSR count). The number of halogens is 1. The number of nitrogens with one attached hydrogen (secondary N) is 2. The molecule has 1 heterocycles. The molecule has 120 valence electrons. The summed E-state index contributed by atoms with van der Waals surface area (Å²) in [7, 11) is 1.75. The van der Waals surface area contributed by atoms with Gasteiger partial charge in [-0.15, -0.1) is 0 Å². The highest BCUT2D eigenvalue weighted by Crippen LogP contribution is 2.29. The second-order valence-electron chi connectivity index (χ2n) is 6.37. The van der Waals surface area contributed by atoms with E-state index in [0.717, 1.165) is 10.0 Å². The molecule has 0 spiro atoms. The molecular formula is C16H22BrN3O2. The van der Waals surface area contributed by atoms with Gasteiger partial charge in [-0.25, -0.2) is 4.79 Å². The molecule has 1 fully saturated rings. The number of hydrogen-bond acceptors (Lipinski definition) is 2. The van der Waals surface area contributed by atoms with Crippen molar-refractivity contribution < 1.29 is 9.59 Å². The van der Waals surface area contributed by atoms with Crippen molar-refractivity contribution in [1.82, 2.24) is 15.5 Å². The highest BCUT2D eigenvalue weighted by molar-refractivity contribution is 9.10. The largest absolute Gasteiger partial charge is 0.344 e. The summed E-state index contributed by atoms with van der Waals surface area (Å²) in [5, 5.41) is 5.76. The highest BCUT2D eigenvalue weighted by Gasteiger charge is 2.29. The fourth-order valence-corrected chi connectivity index (χ4v) is 3.42. The van der Waals surface area contributed by atoms with Crippen LogP contribution in [0.4, 0.5) is 4.79 Å². The Bertz CT molecular complexity index is 574. The summed E-state index contributed by atoms with van der Waals surface area (Å²) in [6.45, 7) is 5.25. The van der Waals surface area contributed by atoms with Crippen molar-refractivity contribution in [3.05, 3.63) is 34.3 Å². The van der Waals surface area contributed by atoms with Crippen LogP contribution >= 0.6 is 15.9 Å². The number of amides is 3. The van der Waals surface area contributed by atoms with Gasteiger partial charge in [0.2, 0.25) is 5.91 Å². The fourth-order valence-electron chi connectivity index (χ4n) is 2.60. The van der Waals surface area contributed by atoms with Crippen molar-refractivity contribution >= 4 is 27.9 Å². The molecule has 1 unspecified atom stereocenters. The first-order valence-electron chi connectivity index (χ1n) is 7.33. The molecule has 0 saturated carbocycles. The summed E-state index contributed by atoms with van der Waals surface area (Å²) in [4.78, 5) is 25.1. The van der Waals surface area contributed by atoms with Crippen LogP contribution in [0.2, 0.25) is 0 Å². The molecule has 0 aromatic heterocycles.